The van der Waals surface area contributed by atoms with Crippen LogP contribution in [0, 0.1) is 0 Å². The summed E-state index contributed by atoms with van der Waals surface area (Å²) in [6, 6.07) is 9.19. The van der Waals surface area contributed by atoms with E-state index in [0.29, 0.717) is 6.04 Å². The molecule has 0 amide bonds. The number of hydrogen-bond donors (Lipinski definition) is 1. The first-order valence-corrected chi connectivity index (χ1v) is 7.62. The molecule has 0 atom stereocenters. The van der Waals surface area contributed by atoms with Crippen LogP contribution < -0.4 is 10.2 Å². The fraction of sp³-hybridized carbons (Fsp3) is 0.471. The van der Waals surface area contributed by atoms with Crippen molar-refractivity contribution >= 4 is 16.6 Å². The van der Waals surface area contributed by atoms with Gasteiger partial charge in [-0.15, -0.1) is 0 Å². The van der Waals surface area contributed by atoms with Gasteiger partial charge in [0, 0.05) is 37.8 Å². The van der Waals surface area contributed by atoms with Crippen molar-refractivity contribution in [3.8, 4) is 0 Å². The number of ether oxygens (including phenoxy) is 1. The largest absolute Gasteiger partial charge is 0.383 e. The molecule has 1 fully saturated rings. The maximum atomic E-state index is 5.27. The second-order valence-corrected chi connectivity index (χ2v) is 5.60. The average molecular weight is 285 g/mol. The Hall–Kier alpha value is -1.65. The highest BCUT2D eigenvalue weighted by atomic mass is 16.5. The minimum Gasteiger partial charge on any atom is -0.383 e. The molecular formula is C17H23N3O. The number of aromatic nitrogens is 1. The first-order chi connectivity index (χ1) is 10.3. The lowest BCUT2D eigenvalue weighted by molar-refractivity contribution is 0.205. The number of nitrogens with one attached hydrogen (secondary N) is 1. The van der Waals surface area contributed by atoms with Gasteiger partial charge in [-0.25, -0.2) is 4.98 Å². The summed E-state index contributed by atoms with van der Waals surface area (Å²) in [5.41, 5.74) is 1.25. The molecular weight excluding hydrogens is 262 g/mol. The molecule has 1 aromatic heterocycles. The Labute approximate surface area is 126 Å². The number of anilines is 1. The maximum absolute atomic E-state index is 5.27. The molecule has 0 aliphatic heterocycles. The monoisotopic (exact) mass is 285 g/mol. The standard InChI is InChI=1S/C17H23N3O/c1-18-11-13-12-19-17(16-6-4-3-5-15(13)16)20(9-10-21-2)14-7-8-14/h3-6,12,14,18H,7-11H2,1-2H3. The number of pyridine rings is 1. The molecule has 4 nitrogen and oxygen atoms in total. The summed E-state index contributed by atoms with van der Waals surface area (Å²) in [5.74, 6) is 1.10. The van der Waals surface area contributed by atoms with Crippen molar-refractivity contribution in [2.75, 3.05) is 32.2 Å². The Kier molecular flexibility index (Phi) is 4.36. The van der Waals surface area contributed by atoms with Gasteiger partial charge in [-0.1, -0.05) is 24.3 Å². The first kappa shape index (κ1) is 14.3. The molecule has 3 rings (SSSR count). The third kappa shape index (κ3) is 3.01. The quantitative estimate of drug-likeness (QED) is 0.848. The normalized spacial score (nSPS) is 14.6. The summed E-state index contributed by atoms with van der Waals surface area (Å²) in [5, 5.41) is 5.76. The van der Waals surface area contributed by atoms with Gasteiger partial charge in [0.2, 0.25) is 0 Å². The van der Waals surface area contributed by atoms with Gasteiger partial charge in [-0.2, -0.15) is 0 Å². The van der Waals surface area contributed by atoms with E-state index in [1.54, 1.807) is 7.11 Å². The average Bonchev–Trinajstić information content (AvgIpc) is 3.34. The second-order valence-electron chi connectivity index (χ2n) is 5.60. The molecule has 4 heteroatoms. The van der Waals surface area contributed by atoms with Crippen molar-refractivity contribution in [1.82, 2.24) is 10.3 Å². The van der Waals surface area contributed by atoms with Crippen molar-refractivity contribution in [2.45, 2.75) is 25.4 Å². The highest BCUT2D eigenvalue weighted by Crippen LogP contribution is 2.35. The van der Waals surface area contributed by atoms with Gasteiger partial charge >= 0.3 is 0 Å². The fourth-order valence-corrected chi connectivity index (χ4v) is 2.83. The van der Waals surface area contributed by atoms with Crippen LogP contribution >= 0.6 is 0 Å². The van der Waals surface area contributed by atoms with Crippen LogP contribution in [0.2, 0.25) is 0 Å². The second kappa shape index (κ2) is 6.41. The third-order valence-electron chi connectivity index (χ3n) is 4.02. The summed E-state index contributed by atoms with van der Waals surface area (Å²) >= 11 is 0. The van der Waals surface area contributed by atoms with E-state index >= 15 is 0 Å². The Morgan fingerprint density at radius 1 is 1.29 bits per heavy atom. The molecule has 0 saturated heterocycles. The van der Waals surface area contributed by atoms with Crippen molar-refractivity contribution in [1.29, 1.82) is 0 Å². The van der Waals surface area contributed by atoms with Crippen LogP contribution in [0.3, 0.4) is 0 Å². The molecule has 0 radical (unpaired) electrons. The number of hydrogen-bond acceptors (Lipinski definition) is 4. The van der Waals surface area contributed by atoms with E-state index < -0.39 is 0 Å². The zero-order valence-corrected chi connectivity index (χ0v) is 12.8. The smallest absolute Gasteiger partial charge is 0.136 e. The summed E-state index contributed by atoms with van der Waals surface area (Å²) in [7, 11) is 3.73. The molecule has 1 heterocycles. The van der Waals surface area contributed by atoms with Crippen LogP contribution in [-0.2, 0) is 11.3 Å². The molecule has 0 unspecified atom stereocenters. The molecule has 2 aromatic rings. The fourth-order valence-electron chi connectivity index (χ4n) is 2.83. The predicted octanol–water partition coefficient (Wildman–Crippen LogP) is 2.57. The van der Waals surface area contributed by atoms with Crippen molar-refractivity contribution in [2.24, 2.45) is 0 Å². The zero-order valence-electron chi connectivity index (χ0n) is 12.8. The Morgan fingerprint density at radius 2 is 2.05 bits per heavy atom. The number of nitrogens with zero attached hydrogens (tertiary/aromatic N) is 2. The van der Waals surface area contributed by atoms with E-state index in [1.807, 2.05) is 13.2 Å². The van der Waals surface area contributed by atoms with Gasteiger partial charge in [0.25, 0.3) is 0 Å². The van der Waals surface area contributed by atoms with E-state index in [0.717, 1.165) is 25.5 Å². The third-order valence-corrected chi connectivity index (χ3v) is 4.02. The molecule has 1 aliphatic rings. The van der Waals surface area contributed by atoms with Crippen LogP contribution in [-0.4, -0.2) is 38.3 Å². The highest BCUT2D eigenvalue weighted by Gasteiger charge is 2.30. The number of benzene rings is 1. The van der Waals surface area contributed by atoms with E-state index in [-0.39, 0.29) is 0 Å². The maximum Gasteiger partial charge on any atom is 0.136 e. The predicted molar refractivity (Wildman–Crippen MR) is 86.8 cm³/mol. The minimum atomic E-state index is 0.631. The van der Waals surface area contributed by atoms with Crippen molar-refractivity contribution in [3.63, 3.8) is 0 Å². The van der Waals surface area contributed by atoms with Crippen LogP contribution in [0.25, 0.3) is 10.8 Å². The molecule has 112 valence electrons. The number of rotatable bonds is 7. The summed E-state index contributed by atoms with van der Waals surface area (Å²) in [4.78, 5) is 7.18. The lowest BCUT2D eigenvalue weighted by Crippen LogP contribution is -2.30. The van der Waals surface area contributed by atoms with Gasteiger partial charge in [0.05, 0.1) is 6.61 Å². The van der Waals surface area contributed by atoms with Crippen LogP contribution in [0.5, 0.6) is 0 Å². The Balaban J connectivity index is 2.03. The summed E-state index contributed by atoms with van der Waals surface area (Å²) < 4.78 is 5.27. The molecule has 1 aliphatic carbocycles. The van der Waals surface area contributed by atoms with Crippen LogP contribution in [0.1, 0.15) is 18.4 Å². The zero-order chi connectivity index (χ0) is 14.7. The lowest BCUT2D eigenvalue weighted by Gasteiger charge is -2.25. The topological polar surface area (TPSA) is 37.4 Å². The van der Waals surface area contributed by atoms with Gasteiger partial charge < -0.3 is 15.0 Å². The van der Waals surface area contributed by atoms with E-state index in [1.165, 1.54) is 29.2 Å². The number of methoxy groups -OCH3 is 1. The van der Waals surface area contributed by atoms with Gasteiger partial charge in [0.1, 0.15) is 5.82 Å². The molecule has 1 saturated carbocycles. The van der Waals surface area contributed by atoms with Gasteiger partial charge in [-0.05, 0) is 30.8 Å². The van der Waals surface area contributed by atoms with Crippen LogP contribution in [0.15, 0.2) is 30.5 Å². The minimum absolute atomic E-state index is 0.631. The Morgan fingerprint density at radius 3 is 2.71 bits per heavy atom. The lowest BCUT2D eigenvalue weighted by atomic mass is 10.1. The number of fused-ring (bicyclic) bond motifs is 1. The van der Waals surface area contributed by atoms with Gasteiger partial charge in [-0.3, -0.25) is 0 Å². The highest BCUT2D eigenvalue weighted by molar-refractivity contribution is 5.94. The van der Waals surface area contributed by atoms with Crippen LogP contribution in [0.4, 0.5) is 5.82 Å². The first-order valence-electron chi connectivity index (χ1n) is 7.62. The summed E-state index contributed by atoms with van der Waals surface area (Å²) in [6.45, 7) is 2.49. The SMILES string of the molecule is CNCc1cnc(N(CCOC)C2CC2)c2ccccc12. The molecule has 21 heavy (non-hydrogen) atoms. The van der Waals surface area contributed by atoms with Crippen molar-refractivity contribution in [3.05, 3.63) is 36.0 Å². The van der Waals surface area contributed by atoms with Crippen molar-refractivity contribution < 1.29 is 4.74 Å². The molecule has 1 N–H and O–H groups in total. The van der Waals surface area contributed by atoms with Gasteiger partial charge in [0.15, 0.2) is 0 Å². The van der Waals surface area contributed by atoms with E-state index in [2.05, 4.69) is 34.5 Å². The summed E-state index contributed by atoms with van der Waals surface area (Å²) in [6.07, 6.45) is 4.53. The Bertz CT molecular complexity index is 610. The molecule has 0 spiro atoms. The van der Waals surface area contributed by atoms with E-state index in [4.69, 9.17) is 9.72 Å². The van der Waals surface area contributed by atoms with E-state index in [9.17, 15) is 0 Å². The molecule has 0 bridgehead atoms. The molecule has 1 aromatic carbocycles.